The van der Waals surface area contributed by atoms with Gasteiger partial charge in [0.1, 0.15) is 0 Å². The molecule has 2 aromatic rings. The number of likely N-dealkylation sites (tertiary alicyclic amines) is 1. The van der Waals surface area contributed by atoms with Crippen LogP contribution < -0.4 is 0 Å². The first-order chi connectivity index (χ1) is 10.1. The summed E-state index contributed by atoms with van der Waals surface area (Å²) in [5, 5.41) is 8.88. The third kappa shape index (κ3) is 2.98. The van der Waals surface area contributed by atoms with Gasteiger partial charge in [0, 0.05) is 19.6 Å². The van der Waals surface area contributed by atoms with Crippen LogP contribution in [-0.2, 0) is 11.3 Å². The van der Waals surface area contributed by atoms with Crippen LogP contribution in [0.15, 0.2) is 48.5 Å². The highest BCUT2D eigenvalue weighted by Crippen LogP contribution is 2.24. The molecule has 0 aliphatic carbocycles. The minimum atomic E-state index is -0.679. The second-order valence-electron chi connectivity index (χ2n) is 5.74. The second kappa shape index (κ2) is 5.70. The second-order valence-corrected chi connectivity index (χ2v) is 5.74. The Morgan fingerprint density at radius 1 is 1.14 bits per heavy atom. The number of hydrogen-bond acceptors (Lipinski definition) is 2. The molecule has 0 atom stereocenters. The van der Waals surface area contributed by atoms with Gasteiger partial charge in [0.15, 0.2) is 0 Å². The molecule has 3 rings (SSSR count). The lowest BCUT2D eigenvalue weighted by Gasteiger charge is -2.36. The van der Waals surface area contributed by atoms with E-state index < -0.39 is 5.97 Å². The maximum Gasteiger partial charge on any atom is 0.309 e. The van der Waals surface area contributed by atoms with Crippen molar-refractivity contribution in [2.45, 2.75) is 13.5 Å². The Bertz CT molecular complexity index is 643. The molecule has 21 heavy (non-hydrogen) atoms. The van der Waals surface area contributed by atoms with E-state index in [1.165, 1.54) is 22.3 Å². The van der Waals surface area contributed by atoms with Crippen LogP contribution in [0.5, 0.6) is 0 Å². The number of aryl methyl sites for hydroxylation is 1. The number of benzene rings is 2. The molecule has 2 aromatic carbocycles. The first-order valence-electron chi connectivity index (χ1n) is 7.23. The lowest BCUT2D eigenvalue weighted by molar-refractivity contribution is -0.147. The molecule has 1 aliphatic heterocycles. The van der Waals surface area contributed by atoms with Gasteiger partial charge in [-0.15, -0.1) is 0 Å². The van der Waals surface area contributed by atoms with Crippen LogP contribution >= 0.6 is 0 Å². The van der Waals surface area contributed by atoms with E-state index >= 15 is 0 Å². The van der Waals surface area contributed by atoms with Crippen LogP contribution in [-0.4, -0.2) is 29.1 Å². The normalized spacial score (nSPS) is 15.7. The van der Waals surface area contributed by atoms with E-state index in [-0.39, 0.29) is 5.92 Å². The molecular weight excluding hydrogens is 262 g/mol. The van der Waals surface area contributed by atoms with Gasteiger partial charge in [-0.2, -0.15) is 0 Å². The summed E-state index contributed by atoms with van der Waals surface area (Å²) in [5.41, 5.74) is 5.00. The van der Waals surface area contributed by atoms with Gasteiger partial charge in [0.2, 0.25) is 0 Å². The fourth-order valence-corrected chi connectivity index (χ4v) is 2.80. The summed E-state index contributed by atoms with van der Waals surface area (Å²) in [5.74, 6) is -0.864. The summed E-state index contributed by atoms with van der Waals surface area (Å²) in [6, 6.07) is 16.9. The summed E-state index contributed by atoms with van der Waals surface area (Å²) in [6.07, 6.45) is 0. The van der Waals surface area contributed by atoms with E-state index in [1.807, 2.05) is 0 Å². The summed E-state index contributed by atoms with van der Waals surface area (Å²) >= 11 is 0. The highest BCUT2D eigenvalue weighted by molar-refractivity contribution is 5.71. The van der Waals surface area contributed by atoms with E-state index in [4.69, 9.17) is 5.11 Å². The molecule has 3 nitrogen and oxygen atoms in total. The van der Waals surface area contributed by atoms with E-state index in [0.717, 1.165) is 6.54 Å². The lowest BCUT2D eigenvalue weighted by atomic mass is 9.97. The molecule has 1 N–H and O–H groups in total. The molecule has 0 bridgehead atoms. The minimum absolute atomic E-state index is 0.184. The summed E-state index contributed by atoms with van der Waals surface area (Å²) in [4.78, 5) is 13.0. The molecule has 1 saturated heterocycles. The van der Waals surface area contributed by atoms with Crippen LogP contribution in [0.4, 0.5) is 0 Å². The number of carboxylic acids is 1. The predicted octanol–water partition coefficient (Wildman–Crippen LogP) is 3.18. The first kappa shape index (κ1) is 13.8. The Morgan fingerprint density at radius 2 is 1.81 bits per heavy atom. The zero-order valence-electron chi connectivity index (χ0n) is 12.1. The topological polar surface area (TPSA) is 40.5 Å². The number of aliphatic carboxylic acids is 1. The van der Waals surface area contributed by atoms with E-state index in [9.17, 15) is 4.79 Å². The van der Waals surface area contributed by atoms with Crippen molar-refractivity contribution < 1.29 is 9.90 Å². The van der Waals surface area contributed by atoms with Crippen molar-refractivity contribution in [2.24, 2.45) is 5.92 Å². The number of carboxylic acid groups (broad SMARTS) is 1. The van der Waals surface area contributed by atoms with E-state index in [1.54, 1.807) is 0 Å². The zero-order valence-corrected chi connectivity index (χ0v) is 12.1. The Labute approximate surface area is 124 Å². The molecular formula is C18H19NO2. The van der Waals surface area contributed by atoms with Crippen LogP contribution in [0.1, 0.15) is 11.1 Å². The standard InChI is InChI=1S/C18H19NO2/c1-13-4-2-3-5-17(13)15-8-6-14(7-9-15)10-19-11-16(12-19)18(20)21/h2-9,16H,10-12H2,1H3,(H,20,21). The number of carbonyl (C=O) groups is 1. The van der Waals surface area contributed by atoms with Gasteiger partial charge in [-0.1, -0.05) is 48.5 Å². The highest BCUT2D eigenvalue weighted by atomic mass is 16.4. The summed E-state index contributed by atoms with van der Waals surface area (Å²) in [7, 11) is 0. The molecule has 108 valence electrons. The predicted molar refractivity (Wildman–Crippen MR) is 83.0 cm³/mol. The van der Waals surface area contributed by atoms with Gasteiger partial charge in [0.05, 0.1) is 5.92 Å². The van der Waals surface area contributed by atoms with Gasteiger partial charge in [-0.3, -0.25) is 9.69 Å². The van der Waals surface area contributed by atoms with Crippen molar-refractivity contribution in [3.8, 4) is 11.1 Å². The number of hydrogen-bond donors (Lipinski definition) is 1. The molecule has 0 unspecified atom stereocenters. The van der Waals surface area contributed by atoms with Crippen molar-refractivity contribution in [2.75, 3.05) is 13.1 Å². The van der Waals surface area contributed by atoms with Crippen molar-refractivity contribution in [3.63, 3.8) is 0 Å². The molecule has 0 aromatic heterocycles. The largest absolute Gasteiger partial charge is 0.481 e. The SMILES string of the molecule is Cc1ccccc1-c1ccc(CN2CC(C(=O)O)C2)cc1. The first-order valence-corrected chi connectivity index (χ1v) is 7.23. The lowest BCUT2D eigenvalue weighted by Crippen LogP contribution is -2.49. The molecule has 0 saturated carbocycles. The quantitative estimate of drug-likeness (QED) is 0.935. The van der Waals surface area contributed by atoms with E-state index in [2.05, 4.69) is 60.4 Å². The fraction of sp³-hybridized carbons (Fsp3) is 0.278. The maximum absolute atomic E-state index is 10.8. The molecule has 0 amide bonds. The molecule has 1 fully saturated rings. The Morgan fingerprint density at radius 3 is 2.43 bits per heavy atom. The summed E-state index contributed by atoms with van der Waals surface area (Å²) in [6.45, 7) is 4.27. The summed E-state index contributed by atoms with van der Waals surface area (Å²) < 4.78 is 0. The zero-order chi connectivity index (χ0) is 14.8. The van der Waals surface area contributed by atoms with Gasteiger partial charge in [0.25, 0.3) is 0 Å². The maximum atomic E-state index is 10.8. The average Bonchev–Trinajstić information content (AvgIpc) is 2.43. The molecule has 0 radical (unpaired) electrons. The van der Waals surface area contributed by atoms with Crippen LogP contribution in [0, 0.1) is 12.8 Å². The van der Waals surface area contributed by atoms with Crippen molar-refractivity contribution >= 4 is 5.97 Å². The van der Waals surface area contributed by atoms with E-state index in [0.29, 0.717) is 13.1 Å². The molecule has 3 heteroatoms. The smallest absolute Gasteiger partial charge is 0.309 e. The molecule has 1 heterocycles. The van der Waals surface area contributed by atoms with Crippen LogP contribution in [0.25, 0.3) is 11.1 Å². The third-order valence-corrected chi connectivity index (χ3v) is 4.12. The minimum Gasteiger partial charge on any atom is -0.481 e. The number of rotatable bonds is 4. The Kier molecular flexibility index (Phi) is 3.76. The monoisotopic (exact) mass is 281 g/mol. The molecule has 1 aliphatic rings. The Balaban J connectivity index is 1.65. The van der Waals surface area contributed by atoms with Gasteiger partial charge >= 0.3 is 5.97 Å². The number of nitrogens with zero attached hydrogens (tertiary/aromatic N) is 1. The van der Waals surface area contributed by atoms with Gasteiger partial charge in [-0.05, 0) is 29.2 Å². The van der Waals surface area contributed by atoms with Crippen LogP contribution in [0.3, 0.4) is 0 Å². The van der Waals surface area contributed by atoms with Crippen molar-refractivity contribution in [1.82, 2.24) is 4.90 Å². The van der Waals surface area contributed by atoms with Gasteiger partial charge in [-0.25, -0.2) is 0 Å². The van der Waals surface area contributed by atoms with Crippen LogP contribution in [0.2, 0.25) is 0 Å². The average molecular weight is 281 g/mol. The Hall–Kier alpha value is -2.13. The van der Waals surface area contributed by atoms with Crippen molar-refractivity contribution in [1.29, 1.82) is 0 Å². The third-order valence-electron chi connectivity index (χ3n) is 4.12. The van der Waals surface area contributed by atoms with Gasteiger partial charge < -0.3 is 5.11 Å². The molecule has 0 spiro atoms. The highest BCUT2D eigenvalue weighted by Gasteiger charge is 2.31. The fourth-order valence-electron chi connectivity index (χ4n) is 2.80. The van der Waals surface area contributed by atoms with Crippen molar-refractivity contribution in [3.05, 3.63) is 59.7 Å².